The average molecular weight is 226 g/mol. The lowest BCUT2D eigenvalue weighted by Crippen LogP contribution is -2.58. The van der Waals surface area contributed by atoms with Gasteiger partial charge in [-0.15, -0.1) is 0 Å². The van der Waals surface area contributed by atoms with Crippen LogP contribution in [0.5, 0.6) is 0 Å². The lowest BCUT2D eigenvalue weighted by atomic mass is 9.79. The molecule has 0 aromatic heterocycles. The molecule has 1 amide bonds. The minimum Gasteiger partial charge on any atom is -0.465 e. The van der Waals surface area contributed by atoms with Crippen LogP contribution in [0.4, 0.5) is 4.79 Å². The van der Waals surface area contributed by atoms with Gasteiger partial charge < -0.3 is 10.4 Å². The minimum atomic E-state index is -0.921. The molecule has 0 unspecified atom stereocenters. The molecule has 0 atom stereocenters. The molecule has 3 N–H and O–H groups in total. The summed E-state index contributed by atoms with van der Waals surface area (Å²) in [4.78, 5) is 10.7. The molecule has 2 aliphatic carbocycles. The first-order chi connectivity index (χ1) is 7.63. The molecule has 0 bridgehead atoms. The molecule has 0 aromatic rings. The Balaban J connectivity index is 1.82. The third-order valence-electron chi connectivity index (χ3n) is 4.15. The first-order valence-corrected chi connectivity index (χ1v) is 6.33. The fourth-order valence-electron chi connectivity index (χ4n) is 2.87. The van der Waals surface area contributed by atoms with Crippen molar-refractivity contribution in [2.45, 2.75) is 50.6 Å². The maximum absolute atomic E-state index is 10.7. The van der Waals surface area contributed by atoms with Crippen LogP contribution in [-0.4, -0.2) is 23.9 Å². The van der Waals surface area contributed by atoms with Crippen LogP contribution in [0.15, 0.2) is 0 Å². The van der Waals surface area contributed by atoms with Crippen LogP contribution in [0.2, 0.25) is 0 Å². The summed E-state index contributed by atoms with van der Waals surface area (Å²) in [5.41, 5.74) is -0.369. The van der Waals surface area contributed by atoms with E-state index in [1.165, 1.54) is 19.3 Å². The van der Waals surface area contributed by atoms with Crippen LogP contribution < -0.4 is 10.6 Å². The van der Waals surface area contributed by atoms with Gasteiger partial charge in [0.15, 0.2) is 0 Å². The van der Waals surface area contributed by atoms with Gasteiger partial charge in [0.05, 0.1) is 5.66 Å². The Kier molecular flexibility index (Phi) is 3.38. The van der Waals surface area contributed by atoms with Gasteiger partial charge in [-0.1, -0.05) is 12.8 Å². The van der Waals surface area contributed by atoms with Crippen molar-refractivity contribution in [2.75, 3.05) is 7.05 Å². The van der Waals surface area contributed by atoms with Gasteiger partial charge in [0, 0.05) is 0 Å². The molecule has 0 aromatic carbocycles. The van der Waals surface area contributed by atoms with E-state index in [9.17, 15) is 4.79 Å². The highest BCUT2D eigenvalue weighted by atomic mass is 16.4. The first-order valence-electron chi connectivity index (χ1n) is 6.33. The Hall–Kier alpha value is -0.770. The Labute approximate surface area is 96.8 Å². The van der Waals surface area contributed by atoms with Crippen molar-refractivity contribution in [1.29, 1.82) is 0 Å². The Morgan fingerprint density at radius 3 is 2.25 bits per heavy atom. The molecule has 2 saturated carbocycles. The van der Waals surface area contributed by atoms with Gasteiger partial charge in [-0.25, -0.2) is 4.79 Å². The Bertz CT molecular complexity index is 256. The average Bonchev–Trinajstić information content (AvgIpc) is 3.04. The number of carboxylic acid groups (broad SMARTS) is 1. The predicted molar refractivity (Wildman–Crippen MR) is 62.3 cm³/mol. The standard InChI is InChI=1S/C12H22N2O2/c1-13-12(14-11(15)16)6-4-10(5-7-12)8-9-2-3-9/h9-10,13-14H,2-8H2,1H3,(H,15,16). The van der Waals surface area contributed by atoms with E-state index in [1.807, 2.05) is 7.05 Å². The topological polar surface area (TPSA) is 61.4 Å². The van der Waals surface area contributed by atoms with Crippen molar-refractivity contribution >= 4 is 6.09 Å². The number of amides is 1. The largest absolute Gasteiger partial charge is 0.465 e. The van der Waals surface area contributed by atoms with E-state index in [4.69, 9.17) is 5.11 Å². The smallest absolute Gasteiger partial charge is 0.406 e. The maximum Gasteiger partial charge on any atom is 0.406 e. The van der Waals surface area contributed by atoms with Gasteiger partial charge in [-0.3, -0.25) is 5.32 Å². The van der Waals surface area contributed by atoms with Crippen molar-refractivity contribution in [3.05, 3.63) is 0 Å². The Morgan fingerprint density at radius 2 is 1.81 bits per heavy atom. The fourth-order valence-corrected chi connectivity index (χ4v) is 2.87. The van der Waals surface area contributed by atoms with Crippen molar-refractivity contribution in [1.82, 2.24) is 10.6 Å². The first kappa shape index (κ1) is 11.7. The summed E-state index contributed by atoms with van der Waals surface area (Å²) in [5.74, 6) is 1.81. The second kappa shape index (κ2) is 4.62. The van der Waals surface area contributed by atoms with Crippen LogP contribution in [0.3, 0.4) is 0 Å². The summed E-state index contributed by atoms with van der Waals surface area (Å²) in [7, 11) is 1.84. The molecular formula is C12H22N2O2. The normalized spacial score (nSPS) is 34.7. The summed E-state index contributed by atoms with van der Waals surface area (Å²) < 4.78 is 0. The second-order valence-electron chi connectivity index (χ2n) is 5.38. The molecule has 2 rings (SSSR count). The van der Waals surface area contributed by atoms with E-state index in [0.29, 0.717) is 0 Å². The molecule has 0 radical (unpaired) electrons. The van der Waals surface area contributed by atoms with E-state index in [-0.39, 0.29) is 5.66 Å². The zero-order valence-electron chi connectivity index (χ0n) is 9.96. The van der Waals surface area contributed by atoms with Crippen molar-refractivity contribution < 1.29 is 9.90 Å². The second-order valence-corrected chi connectivity index (χ2v) is 5.38. The monoisotopic (exact) mass is 226 g/mol. The molecule has 2 aliphatic rings. The van der Waals surface area contributed by atoms with Crippen LogP contribution in [0.25, 0.3) is 0 Å². The van der Waals surface area contributed by atoms with Crippen molar-refractivity contribution in [2.24, 2.45) is 11.8 Å². The van der Waals surface area contributed by atoms with E-state index in [2.05, 4.69) is 10.6 Å². The molecule has 4 heteroatoms. The van der Waals surface area contributed by atoms with E-state index >= 15 is 0 Å². The molecule has 92 valence electrons. The molecule has 2 fully saturated rings. The van der Waals surface area contributed by atoms with Crippen molar-refractivity contribution in [3.63, 3.8) is 0 Å². The summed E-state index contributed by atoms with van der Waals surface area (Å²) in [6.45, 7) is 0. The SMILES string of the molecule is CNC1(NC(=O)O)CCC(CC2CC2)CC1. The van der Waals surface area contributed by atoms with Gasteiger partial charge in [0.2, 0.25) is 0 Å². The van der Waals surface area contributed by atoms with Gasteiger partial charge >= 0.3 is 6.09 Å². The molecule has 0 saturated heterocycles. The lowest BCUT2D eigenvalue weighted by Gasteiger charge is -2.40. The van der Waals surface area contributed by atoms with Crippen LogP contribution in [0.1, 0.15) is 44.9 Å². The third-order valence-corrected chi connectivity index (χ3v) is 4.15. The lowest BCUT2D eigenvalue weighted by molar-refractivity contribution is 0.130. The fraction of sp³-hybridized carbons (Fsp3) is 0.917. The summed E-state index contributed by atoms with van der Waals surface area (Å²) in [6.07, 6.45) is 7.43. The van der Waals surface area contributed by atoms with Gasteiger partial charge in [0.1, 0.15) is 0 Å². The summed E-state index contributed by atoms with van der Waals surface area (Å²) in [5, 5.41) is 14.6. The maximum atomic E-state index is 10.7. The summed E-state index contributed by atoms with van der Waals surface area (Å²) >= 11 is 0. The summed E-state index contributed by atoms with van der Waals surface area (Å²) in [6, 6.07) is 0. The van der Waals surface area contributed by atoms with Crippen molar-refractivity contribution in [3.8, 4) is 0 Å². The van der Waals surface area contributed by atoms with Gasteiger partial charge in [0.25, 0.3) is 0 Å². The van der Waals surface area contributed by atoms with Crippen LogP contribution in [-0.2, 0) is 0 Å². The van der Waals surface area contributed by atoms with Gasteiger partial charge in [-0.05, 0) is 51.0 Å². The molecule has 0 spiro atoms. The molecule has 16 heavy (non-hydrogen) atoms. The highest BCUT2D eigenvalue weighted by molar-refractivity contribution is 5.65. The molecule has 0 heterocycles. The predicted octanol–water partition coefficient (Wildman–Crippen LogP) is 2.16. The van der Waals surface area contributed by atoms with Gasteiger partial charge in [-0.2, -0.15) is 0 Å². The number of carbonyl (C=O) groups is 1. The zero-order valence-corrected chi connectivity index (χ0v) is 9.96. The van der Waals surface area contributed by atoms with E-state index in [1.54, 1.807) is 0 Å². The highest BCUT2D eigenvalue weighted by Crippen LogP contribution is 2.41. The van der Waals surface area contributed by atoms with Crippen LogP contribution >= 0.6 is 0 Å². The molecule has 4 nitrogen and oxygen atoms in total. The Morgan fingerprint density at radius 1 is 1.25 bits per heavy atom. The highest BCUT2D eigenvalue weighted by Gasteiger charge is 2.36. The van der Waals surface area contributed by atoms with Crippen LogP contribution in [0, 0.1) is 11.8 Å². The number of hydrogen-bond acceptors (Lipinski definition) is 2. The molecular weight excluding hydrogens is 204 g/mol. The molecule has 0 aliphatic heterocycles. The van der Waals surface area contributed by atoms with E-state index < -0.39 is 6.09 Å². The number of hydrogen-bond donors (Lipinski definition) is 3. The quantitative estimate of drug-likeness (QED) is 0.644. The number of nitrogens with one attached hydrogen (secondary N) is 2. The minimum absolute atomic E-state index is 0.369. The zero-order chi connectivity index (χ0) is 11.6. The van der Waals surface area contributed by atoms with E-state index in [0.717, 1.165) is 37.5 Å². The number of rotatable bonds is 4. The third kappa shape index (κ3) is 2.88.